The van der Waals surface area contributed by atoms with E-state index in [9.17, 15) is 14.3 Å². The zero-order valence-corrected chi connectivity index (χ0v) is 10.9. The maximum absolute atomic E-state index is 13.7. The summed E-state index contributed by atoms with van der Waals surface area (Å²) >= 11 is 0. The molecule has 1 aliphatic carbocycles. The molecule has 2 aromatic rings. The van der Waals surface area contributed by atoms with Crippen LogP contribution in [0.5, 0.6) is 0 Å². The Morgan fingerprint density at radius 3 is 3.00 bits per heavy atom. The van der Waals surface area contributed by atoms with Crippen molar-refractivity contribution in [3.05, 3.63) is 53.9 Å². The van der Waals surface area contributed by atoms with Crippen LogP contribution in [0.4, 0.5) is 4.39 Å². The molecule has 1 aromatic heterocycles. The largest absolute Gasteiger partial charge is 0.395 e. The fraction of sp³-hybridized carbons (Fsp3) is 0.333. The van der Waals surface area contributed by atoms with E-state index in [2.05, 4.69) is 4.98 Å². The molecule has 0 bridgehead atoms. The molecule has 0 amide bonds. The Labute approximate surface area is 115 Å². The minimum atomic E-state index is -0.887. The normalized spacial score (nSPS) is 21.8. The Kier molecular flexibility index (Phi) is 3.14. The molecule has 20 heavy (non-hydrogen) atoms. The Balaban J connectivity index is 2.00. The lowest BCUT2D eigenvalue weighted by Gasteiger charge is -2.35. The molecule has 0 saturated carbocycles. The number of hydrogen-bond donors (Lipinski definition) is 1. The highest BCUT2D eigenvalue weighted by atomic mass is 19.1. The van der Waals surface area contributed by atoms with Crippen LogP contribution in [0.1, 0.15) is 22.3 Å². The second kappa shape index (κ2) is 4.83. The van der Waals surface area contributed by atoms with E-state index in [-0.39, 0.29) is 18.2 Å². The van der Waals surface area contributed by atoms with E-state index in [1.54, 1.807) is 29.4 Å². The summed E-state index contributed by atoms with van der Waals surface area (Å²) in [5, 5.41) is 9.76. The minimum absolute atomic E-state index is 0.186. The number of benzene rings is 1. The maximum Gasteiger partial charge on any atom is 0.173 e. The highest BCUT2D eigenvalue weighted by Crippen LogP contribution is 2.37. The van der Waals surface area contributed by atoms with Gasteiger partial charge in [-0.2, -0.15) is 0 Å². The molecular weight excluding hydrogens is 259 g/mol. The van der Waals surface area contributed by atoms with Gasteiger partial charge in [0.15, 0.2) is 5.78 Å². The lowest BCUT2D eigenvalue weighted by Crippen LogP contribution is -2.42. The van der Waals surface area contributed by atoms with Gasteiger partial charge < -0.3 is 9.67 Å². The number of Topliss-reactive ketones (excluding diaryl/α,β-unsaturated/α-hetero) is 1. The Hall–Kier alpha value is -2.01. The summed E-state index contributed by atoms with van der Waals surface area (Å²) in [6.45, 7) is 0.109. The van der Waals surface area contributed by atoms with Crippen molar-refractivity contribution in [3.8, 4) is 0 Å². The van der Waals surface area contributed by atoms with Gasteiger partial charge in [-0.25, -0.2) is 9.37 Å². The Bertz CT molecular complexity index is 639. The molecule has 0 aliphatic heterocycles. The molecule has 1 aliphatic rings. The highest BCUT2D eigenvalue weighted by Gasteiger charge is 2.43. The van der Waals surface area contributed by atoms with Crippen LogP contribution in [0, 0.1) is 11.2 Å². The molecule has 1 heterocycles. The SMILES string of the molecule is O=C1c2cccc(F)c2CC[C@]1(CO)Cn1ccnc1. The molecule has 0 radical (unpaired) electrons. The second-order valence-electron chi connectivity index (χ2n) is 5.27. The van der Waals surface area contributed by atoms with Gasteiger partial charge in [0.1, 0.15) is 5.82 Å². The third-order valence-electron chi connectivity index (χ3n) is 4.05. The lowest BCUT2D eigenvalue weighted by atomic mass is 9.70. The first-order chi connectivity index (χ1) is 9.66. The summed E-state index contributed by atoms with van der Waals surface area (Å²) < 4.78 is 15.5. The van der Waals surface area contributed by atoms with Crippen molar-refractivity contribution in [1.82, 2.24) is 9.55 Å². The number of aliphatic hydroxyl groups excluding tert-OH is 1. The first kappa shape index (κ1) is 13.0. The number of aromatic nitrogens is 2. The first-order valence-electron chi connectivity index (χ1n) is 6.55. The van der Waals surface area contributed by atoms with Crippen LogP contribution in [0.3, 0.4) is 0 Å². The third kappa shape index (κ3) is 1.94. The molecule has 0 spiro atoms. The van der Waals surface area contributed by atoms with E-state index in [0.717, 1.165) is 0 Å². The van der Waals surface area contributed by atoms with Crippen molar-refractivity contribution < 1.29 is 14.3 Å². The quantitative estimate of drug-likeness (QED) is 0.929. The van der Waals surface area contributed by atoms with Gasteiger partial charge in [-0.1, -0.05) is 12.1 Å². The molecule has 0 fully saturated rings. The van der Waals surface area contributed by atoms with Crippen molar-refractivity contribution in [1.29, 1.82) is 0 Å². The number of imidazole rings is 1. The molecule has 104 valence electrons. The first-order valence-corrected chi connectivity index (χ1v) is 6.55. The van der Waals surface area contributed by atoms with Gasteiger partial charge in [0.2, 0.25) is 0 Å². The monoisotopic (exact) mass is 274 g/mol. The number of carbonyl (C=O) groups is 1. The van der Waals surface area contributed by atoms with Crippen molar-refractivity contribution in [3.63, 3.8) is 0 Å². The fourth-order valence-electron chi connectivity index (χ4n) is 2.87. The van der Waals surface area contributed by atoms with E-state index >= 15 is 0 Å². The van der Waals surface area contributed by atoms with Crippen LogP contribution in [-0.4, -0.2) is 27.0 Å². The molecule has 3 rings (SSSR count). The average molecular weight is 274 g/mol. The maximum atomic E-state index is 13.7. The summed E-state index contributed by atoms with van der Waals surface area (Å²) in [5.41, 5.74) is -0.0285. The van der Waals surface area contributed by atoms with Gasteiger partial charge in [0, 0.05) is 24.5 Å². The van der Waals surface area contributed by atoms with Crippen LogP contribution in [0.15, 0.2) is 36.9 Å². The summed E-state index contributed by atoms with van der Waals surface area (Å²) in [4.78, 5) is 16.6. The predicted molar refractivity (Wildman–Crippen MR) is 70.8 cm³/mol. The van der Waals surface area contributed by atoms with Crippen LogP contribution in [0.25, 0.3) is 0 Å². The lowest BCUT2D eigenvalue weighted by molar-refractivity contribution is 0.0526. The zero-order valence-electron chi connectivity index (χ0n) is 10.9. The van der Waals surface area contributed by atoms with Gasteiger partial charge >= 0.3 is 0 Å². The molecule has 5 heteroatoms. The molecular formula is C15H15FN2O2. The van der Waals surface area contributed by atoms with Crippen LogP contribution in [0.2, 0.25) is 0 Å². The van der Waals surface area contributed by atoms with Crippen LogP contribution >= 0.6 is 0 Å². The third-order valence-corrected chi connectivity index (χ3v) is 4.05. The second-order valence-corrected chi connectivity index (χ2v) is 5.27. The number of carbonyl (C=O) groups excluding carboxylic acids is 1. The van der Waals surface area contributed by atoms with Gasteiger partial charge in [0.05, 0.1) is 18.3 Å². The number of rotatable bonds is 3. The number of halogens is 1. The number of fused-ring (bicyclic) bond motifs is 1. The number of nitrogens with zero attached hydrogens (tertiary/aromatic N) is 2. The predicted octanol–water partition coefficient (Wildman–Crippen LogP) is 1.83. The summed E-state index contributed by atoms with van der Waals surface area (Å²) in [6.07, 6.45) is 5.90. The van der Waals surface area contributed by atoms with E-state index in [4.69, 9.17) is 0 Å². The Morgan fingerprint density at radius 1 is 1.45 bits per heavy atom. The molecule has 1 atom stereocenters. The average Bonchev–Trinajstić information content (AvgIpc) is 2.95. The van der Waals surface area contributed by atoms with E-state index in [0.29, 0.717) is 30.5 Å². The topological polar surface area (TPSA) is 55.1 Å². The molecule has 1 N–H and O–H groups in total. The van der Waals surface area contributed by atoms with Gasteiger partial charge in [-0.15, -0.1) is 0 Å². The zero-order chi connectivity index (χ0) is 14.2. The number of hydrogen-bond acceptors (Lipinski definition) is 3. The summed E-state index contributed by atoms with van der Waals surface area (Å²) in [7, 11) is 0. The van der Waals surface area contributed by atoms with E-state index in [1.165, 1.54) is 12.1 Å². The molecule has 0 unspecified atom stereocenters. The van der Waals surface area contributed by atoms with Gasteiger partial charge in [-0.05, 0) is 24.5 Å². The molecule has 4 nitrogen and oxygen atoms in total. The van der Waals surface area contributed by atoms with Crippen molar-refractivity contribution in [2.45, 2.75) is 19.4 Å². The number of aliphatic hydroxyl groups is 1. The number of ketones is 1. The van der Waals surface area contributed by atoms with Gasteiger partial charge in [0.25, 0.3) is 0 Å². The standard InChI is InChI=1S/C15H15FN2O2/c16-13-3-1-2-12-11(13)4-5-15(9-19,14(12)20)8-18-7-6-17-10-18/h1-3,6-7,10,19H,4-5,8-9H2/t15-/m1/s1. The molecule has 0 saturated heterocycles. The van der Waals surface area contributed by atoms with Gasteiger partial charge in [-0.3, -0.25) is 4.79 Å². The molecule has 1 aromatic carbocycles. The van der Waals surface area contributed by atoms with Crippen molar-refractivity contribution in [2.24, 2.45) is 5.41 Å². The van der Waals surface area contributed by atoms with Crippen LogP contribution < -0.4 is 0 Å². The van der Waals surface area contributed by atoms with Crippen molar-refractivity contribution >= 4 is 5.78 Å². The Morgan fingerprint density at radius 2 is 2.30 bits per heavy atom. The fourth-order valence-corrected chi connectivity index (χ4v) is 2.87. The smallest absolute Gasteiger partial charge is 0.173 e. The van der Waals surface area contributed by atoms with Crippen LogP contribution in [-0.2, 0) is 13.0 Å². The minimum Gasteiger partial charge on any atom is -0.395 e. The van der Waals surface area contributed by atoms with E-state index in [1.807, 2.05) is 0 Å². The van der Waals surface area contributed by atoms with Crippen molar-refractivity contribution in [2.75, 3.05) is 6.61 Å². The highest BCUT2D eigenvalue weighted by molar-refractivity contribution is 6.02. The summed E-state index contributed by atoms with van der Waals surface area (Å²) in [5.74, 6) is -0.528. The summed E-state index contributed by atoms with van der Waals surface area (Å²) in [6, 6.07) is 4.54. The van der Waals surface area contributed by atoms with E-state index < -0.39 is 5.41 Å².